The third-order valence-corrected chi connectivity index (χ3v) is 4.85. The van der Waals surface area contributed by atoms with E-state index in [4.69, 9.17) is 4.74 Å². The summed E-state index contributed by atoms with van der Waals surface area (Å²) in [4.78, 5) is 19.3. The van der Waals surface area contributed by atoms with E-state index in [0.29, 0.717) is 0 Å². The number of hydrogen-bond acceptors (Lipinski definition) is 4. The lowest BCUT2D eigenvalue weighted by Crippen LogP contribution is -2.35. The number of pyridine rings is 1. The first-order chi connectivity index (χ1) is 13.8. The molecule has 1 amide bonds. The van der Waals surface area contributed by atoms with E-state index in [9.17, 15) is 4.79 Å². The highest BCUT2D eigenvalue weighted by Gasteiger charge is 2.13. The van der Waals surface area contributed by atoms with Gasteiger partial charge >= 0.3 is 0 Å². The number of hydrogen-bond donors (Lipinski definition) is 1. The molecule has 0 bridgehead atoms. The van der Waals surface area contributed by atoms with Crippen LogP contribution in [0.15, 0.2) is 66.9 Å². The van der Waals surface area contributed by atoms with Crippen molar-refractivity contribution in [3.8, 4) is 0 Å². The molecular weight excluding hydrogens is 350 g/mol. The third-order valence-electron chi connectivity index (χ3n) is 4.85. The van der Waals surface area contributed by atoms with Crippen LogP contribution in [0.3, 0.4) is 0 Å². The highest BCUT2D eigenvalue weighted by atomic mass is 16.5. The average molecular weight is 373 g/mol. The van der Waals surface area contributed by atoms with Crippen LogP contribution in [0.1, 0.15) is 11.1 Å². The molecule has 142 valence electrons. The van der Waals surface area contributed by atoms with Gasteiger partial charge in [0.2, 0.25) is 5.91 Å². The summed E-state index contributed by atoms with van der Waals surface area (Å²) in [5.74, 6) is -0.151. The standard InChI is InChI=1S/C23H23N3O2/c27-22(11-10-19-7-3-6-18-8-4-12-24-23(18)19)25-21-9-2-1-5-20(21)17-26-13-15-28-16-14-26/h1-12H,13-17H2,(H,25,27). The molecule has 1 saturated heterocycles. The van der Waals surface area contributed by atoms with Gasteiger partial charge in [-0.2, -0.15) is 0 Å². The van der Waals surface area contributed by atoms with Gasteiger partial charge in [-0.15, -0.1) is 0 Å². The Hall–Kier alpha value is -3.02. The Kier molecular flexibility index (Phi) is 5.75. The predicted octanol–water partition coefficient (Wildman–Crippen LogP) is 3.72. The fourth-order valence-corrected chi connectivity index (χ4v) is 3.38. The maximum absolute atomic E-state index is 12.5. The number of para-hydroxylation sites is 2. The van der Waals surface area contributed by atoms with Crippen LogP contribution in [0.25, 0.3) is 17.0 Å². The zero-order valence-corrected chi connectivity index (χ0v) is 15.7. The molecule has 1 aliphatic heterocycles. The van der Waals surface area contributed by atoms with E-state index >= 15 is 0 Å². The Balaban J connectivity index is 1.47. The number of ether oxygens (including phenoxy) is 1. The largest absolute Gasteiger partial charge is 0.379 e. The van der Waals surface area contributed by atoms with Crippen molar-refractivity contribution in [3.63, 3.8) is 0 Å². The maximum atomic E-state index is 12.5. The number of anilines is 1. The minimum atomic E-state index is -0.151. The Morgan fingerprint density at radius 1 is 1.07 bits per heavy atom. The quantitative estimate of drug-likeness (QED) is 0.693. The summed E-state index contributed by atoms with van der Waals surface area (Å²) in [5.41, 5.74) is 3.77. The van der Waals surface area contributed by atoms with E-state index in [-0.39, 0.29) is 5.91 Å². The first kappa shape index (κ1) is 18.3. The number of carbonyl (C=O) groups excluding carboxylic acids is 1. The molecule has 1 aliphatic rings. The molecule has 5 nitrogen and oxygen atoms in total. The molecule has 0 atom stereocenters. The van der Waals surface area contributed by atoms with Crippen molar-refractivity contribution in [3.05, 3.63) is 78.0 Å². The molecule has 2 heterocycles. The van der Waals surface area contributed by atoms with Gasteiger partial charge in [0.25, 0.3) is 0 Å². The molecule has 5 heteroatoms. The summed E-state index contributed by atoms with van der Waals surface area (Å²) in [6.45, 7) is 4.15. The van der Waals surface area contributed by atoms with E-state index in [0.717, 1.165) is 60.6 Å². The second kappa shape index (κ2) is 8.78. The van der Waals surface area contributed by atoms with Crippen LogP contribution in [0, 0.1) is 0 Å². The molecule has 1 fully saturated rings. The Bertz CT molecular complexity index is 989. The van der Waals surface area contributed by atoms with Crippen LogP contribution in [0.4, 0.5) is 5.69 Å². The van der Waals surface area contributed by atoms with Crippen molar-refractivity contribution in [2.24, 2.45) is 0 Å². The van der Waals surface area contributed by atoms with Crippen LogP contribution < -0.4 is 5.32 Å². The van der Waals surface area contributed by atoms with Gasteiger partial charge in [-0.05, 0) is 23.8 Å². The number of amides is 1. The van der Waals surface area contributed by atoms with Gasteiger partial charge in [-0.1, -0.05) is 42.5 Å². The van der Waals surface area contributed by atoms with Gasteiger partial charge in [0.05, 0.1) is 18.7 Å². The molecule has 0 unspecified atom stereocenters. The number of rotatable bonds is 5. The maximum Gasteiger partial charge on any atom is 0.248 e. The van der Waals surface area contributed by atoms with E-state index in [1.165, 1.54) is 0 Å². The Morgan fingerprint density at radius 3 is 2.79 bits per heavy atom. The minimum absolute atomic E-state index is 0.151. The number of aromatic nitrogens is 1. The molecule has 1 N–H and O–H groups in total. The fraction of sp³-hybridized carbons (Fsp3) is 0.217. The summed E-state index contributed by atoms with van der Waals surface area (Å²) in [6, 6.07) is 17.8. The van der Waals surface area contributed by atoms with Crippen LogP contribution >= 0.6 is 0 Å². The average Bonchev–Trinajstić information content (AvgIpc) is 2.74. The normalized spacial score (nSPS) is 15.1. The topological polar surface area (TPSA) is 54.5 Å². The molecule has 0 aliphatic carbocycles. The lowest BCUT2D eigenvalue weighted by atomic mass is 10.1. The van der Waals surface area contributed by atoms with Crippen molar-refractivity contribution >= 4 is 28.6 Å². The minimum Gasteiger partial charge on any atom is -0.379 e. The van der Waals surface area contributed by atoms with Crippen LogP contribution in [0.2, 0.25) is 0 Å². The molecule has 28 heavy (non-hydrogen) atoms. The summed E-state index contributed by atoms with van der Waals surface area (Å²) >= 11 is 0. The number of benzene rings is 2. The van der Waals surface area contributed by atoms with E-state index in [2.05, 4.69) is 21.3 Å². The van der Waals surface area contributed by atoms with Crippen LogP contribution in [0.5, 0.6) is 0 Å². The zero-order chi connectivity index (χ0) is 19.2. The molecule has 1 aromatic heterocycles. The number of nitrogens with one attached hydrogen (secondary N) is 1. The van der Waals surface area contributed by atoms with Gasteiger partial charge in [0, 0.05) is 48.5 Å². The SMILES string of the molecule is O=C(C=Cc1cccc2cccnc12)Nc1ccccc1CN1CCOCC1. The predicted molar refractivity (Wildman–Crippen MR) is 112 cm³/mol. The lowest BCUT2D eigenvalue weighted by molar-refractivity contribution is -0.111. The van der Waals surface area contributed by atoms with Gasteiger partial charge in [0.15, 0.2) is 0 Å². The van der Waals surface area contributed by atoms with E-state index in [1.54, 1.807) is 12.3 Å². The first-order valence-corrected chi connectivity index (χ1v) is 9.50. The molecule has 0 radical (unpaired) electrons. The lowest BCUT2D eigenvalue weighted by Gasteiger charge is -2.27. The Labute approximate surface area is 164 Å². The third kappa shape index (κ3) is 4.44. The van der Waals surface area contributed by atoms with Gasteiger partial charge < -0.3 is 10.1 Å². The smallest absolute Gasteiger partial charge is 0.248 e. The van der Waals surface area contributed by atoms with Gasteiger partial charge in [-0.3, -0.25) is 14.7 Å². The van der Waals surface area contributed by atoms with Gasteiger partial charge in [0.1, 0.15) is 0 Å². The molecule has 0 spiro atoms. The summed E-state index contributed by atoms with van der Waals surface area (Å²) in [7, 11) is 0. The second-order valence-electron chi connectivity index (χ2n) is 6.79. The summed E-state index contributed by atoms with van der Waals surface area (Å²) < 4.78 is 5.41. The molecule has 2 aromatic carbocycles. The molecule has 4 rings (SSSR count). The molecule has 0 saturated carbocycles. The van der Waals surface area contributed by atoms with Crippen molar-refractivity contribution < 1.29 is 9.53 Å². The zero-order valence-electron chi connectivity index (χ0n) is 15.7. The summed E-state index contributed by atoms with van der Waals surface area (Å²) in [5, 5.41) is 4.07. The summed E-state index contributed by atoms with van der Waals surface area (Å²) in [6.07, 6.45) is 5.14. The van der Waals surface area contributed by atoms with Crippen LogP contribution in [-0.2, 0) is 16.1 Å². The molecule has 3 aromatic rings. The number of fused-ring (bicyclic) bond motifs is 1. The van der Waals surface area contributed by atoms with Crippen molar-refractivity contribution in [2.45, 2.75) is 6.54 Å². The number of morpholine rings is 1. The van der Waals surface area contributed by atoms with Crippen LogP contribution in [-0.4, -0.2) is 42.1 Å². The highest BCUT2D eigenvalue weighted by molar-refractivity contribution is 6.03. The highest BCUT2D eigenvalue weighted by Crippen LogP contribution is 2.19. The van der Waals surface area contributed by atoms with Crippen molar-refractivity contribution in [1.82, 2.24) is 9.88 Å². The van der Waals surface area contributed by atoms with Crippen molar-refractivity contribution in [2.75, 3.05) is 31.6 Å². The van der Waals surface area contributed by atoms with Gasteiger partial charge in [-0.25, -0.2) is 0 Å². The van der Waals surface area contributed by atoms with E-state index in [1.807, 2.05) is 54.6 Å². The monoisotopic (exact) mass is 373 g/mol. The van der Waals surface area contributed by atoms with Crippen molar-refractivity contribution in [1.29, 1.82) is 0 Å². The molecular formula is C23H23N3O2. The van der Waals surface area contributed by atoms with E-state index < -0.39 is 0 Å². The number of carbonyl (C=O) groups is 1. The number of nitrogens with zero attached hydrogens (tertiary/aromatic N) is 2. The first-order valence-electron chi connectivity index (χ1n) is 9.50. The fourth-order valence-electron chi connectivity index (χ4n) is 3.38. The Morgan fingerprint density at radius 2 is 1.89 bits per heavy atom. The second-order valence-corrected chi connectivity index (χ2v) is 6.79.